The zero-order chi connectivity index (χ0) is 9.78. The Morgan fingerprint density at radius 3 is 2.33 bits per heavy atom. The number of rotatable bonds is 4. The van der Waals surface area contributed by atoms with E-state index in [0.717, 1.165) is 6.55 Å². The van der Waals surface area contributed by atoms with E-state index in [4.69, 9.17) is 0 Å². The lowest BCUT2D eigenvalue weighted by Crippen LogP contribution is -2.28. The highest BCUT2D eigenvalue weighted by molar-refractivity contribution is 6.64. The van der Waals surface area contributed by atoms with E-state index < -0.39 is 8.74 Å². The van der Waals surface area contributed by atoms with Crippen LogP contribution in [0.25, 0.3) is 0 Å². The molecule has 0 aliphatic carbocycles. The van der Waals surface area contributed by atoms with Gasteiger partial charge in [0.05, 0.1) is 0 Å². The molecule has 0 radical (unpaired) electrons. The fraction of sp³-hybridized carbons (Fsp3) is 0.857. The molecule has 2 nitrogen and oxygen atoms in total. The topological polar surface area (TPSA) is 20.3 Å². The highest BCUT2D eigenvalue weighted by atomic mass is 28.4. The van der Waals surface area contributed by atoms with E-state index in [1.165, 1.54) is 4.90 Å². The van der Waals surface area contributed by atoms with E-state index in [2.05, 4.69) is 0 Å². The standard InChI is InChI=1S/C7H15F2NOSi/c1-4-10(2)7(11)5-6-12(3,8)9/h4-6H2,1-3H3. The van der Waals surface area contributed by atoms with E-state index in [9.17, 15) is 13.0 Å². The van der Waals surface area contributed by atoms with Crippen molar-refractivity contribution in [1.29, 1.82) is 0 Å². The predicted octanol–water partition coefficient (Wildman–Crippen LogP) is 1.87. The second kappa shape index (κ2) is 4.54. The van der Waals surface area contributed by atoms with Crippen molar-refractivity contribution >= 4 is 14.6 Å². The Labute approximate surface area is 72.9 Å². The summed E-state index contributed by atoms with van der Waals surface area (Å²) in [6.45, 7) is 3.36. The number of halogens is 2. The average Bonchev–Trinajstić information content (AvgIpc) is 1.97. The summed E-state index contributed by atoms with van der Waals surface area (Å²) in [5.41, 5.74) is 0. The summed E-state index contributed by atoms with van der Waals surface area (Å²) >= 11 is 0. The van der Waals surface area contributed by atoms with Crippen LogP contribution in [0.4, 0.5) is 8.22 Å². The first kappa shape index (κ1) is 11.5. The molecule has 5 heteroatoms. The summed E-state index contributed by atoms with van der Waals surface area (Å²) in [7, 11) is -2.40. The lowest BCUT2D eigenvalue weighted by molar-refractivity contribution is -0.129. The number of carbonyl (C=O) groups is 1. The van der Waals surface area contributed by atoms with E-state index in [-0.39, 0.29) is 18.4 Å². The molecule has 12 heavy (non-hydrogen) atoms. The maximum absolute atomic E-state index is 12.4. The first-order valence-electron chi connectivity index (χ1n) is 3.98. The first-order valence-corrected chi connectivity index (χ1v) is 6.45. The van der Waals surface area contributed by atoms with E-state index in [1.807, 2.05) is 6.92 Å². The zero-order valence-corrected chi connectivity index (χ0v) is 8.73. The van der Waals surface area contributed by atoms with Gasteiger partial charge in [-0.1, -0.05) is 0 Å². The Morgan fingerprint density at radius 1 is 1.50 bits per heavy atom. The monoisotopic (exact) mass is 195 g/mol. The Balaban J connectivity index is 3.72. The van der Waals surface area contributed by atoms with Gasteiger partial charge in [-0.05, 0) is 13.5 Å². The van der Waals surface area contributed by atoms with Gasteiger partial charge in [-0.3, -0.25) is 13.0 Å². The predicted molar refractivity (Wildman–Crippen MR) is 46.6 cm³/mol. The summed E-state index contributed by atoms with van der Waals surface area (Å²) in [5, 5.41) is 0. The summed E-state index contributed by atoms with van der Waals surface area (Å²) < 4.78 is 24.8. The normalized spacial score (nSPS) is 11.4. The maximum Gasteiger partial charge on any atom is 0.422 e. The van der Waals surface area contributed by atoms with Gasteiger partial charge in [0.15, 0.2) is 0 Å². The Morgan fingerprint density at radius 2 is 2.00 bits per heavy atom. The van der Waals surface area contributed by atoms with Gasteiger partial charge in [0, 0.05) is 26.1 Å². The molecule has 0 saturated heterocycles. The van der Waals surface area contributed by atoms with Crippen LogP contribution in [0.1, 0.15) is 13.3 Å². The SMILES string of the molecule is CCN(C)C(=O)CC[Si](C)(F)F. The van der Waals surface area contributed by atoms with Gasteiger partial charge in [0.1, 0.15) is 0 Å². The minimum Gasteiger partial charge on any atom is -0.346 e. The van der Waals surface area contributed by atoms with Crippen molar-refractivity contribution in [2.75, 3.05) is 13.6 Å². The molecule has 72 valence electrons. The molecule has 0 N–H and O–H groups in total. The van der Waals surface area contributed by atoms with Crippen LogP contribution < -0.4 is 0 Å². The van der Waals surface area contributed by atoms with Gasteiger partial charge in [0.2, 0.25) is 5.91 Å². The van der Waals surface area contributed by atoms with E-state index in [1.54, 1.807) is 7.05 Å². The highest BCUT2D eigenvalue weighted by Crippen LogP contribution is 2.15. The second-order valence-electron chi connectivity index (χ2n) is 2.98. The highest BCUT2D eigenvalue weighted by Gasteiger charge is 2.28. The lowest BCUT2D eigenvalue weighted by Gasteiger charge is -2.14. The minimum absolute atomic E-state index is 0.0138. The van der Waals surface area contributed by atoms with Crippen LogP contribution in [0.3, 0.4) is 0 Å². The minimum atomic E-state index is -4.03. The molecule has 0 aromatic carbocycles. The van der Waals surface area contributed by atoms with Crippen LogP contribution in [0.2, 0.25) is 12.6 Å². The van der Waals surface area contributed by atoms with Crippen LogP contribution in [-0.4, -0.2) is 33.1 Å². The molecule has 0 fully saturated rings. The van der Waals surface area contributed by atoms with Gasteiger partial charge in [-0.25, -0.2) is 0 Å². The van der Waals surface area contributed by atoms with Gasteiger partial charge >= 0.3 is 8.74 Å². The van der Waals surface area contributed by atoms with Crippen molar-refractivity contribution in [3.63, 3.8) is 0 Å². The smallest absolute Gasteiger partial charge is 0.346 e. The Bertz CT molecular complexity index is 158. The average molecular weight is 195 g/mol. The lowest BCUT2D eigenvalue weighted by atomic mass is 10.4. The van der Waals surface area contributed by atoms with Gasteiger partial charge < -0.3 is 4.90 Å². The van der Waals surface area contributed by atoms with Crippen molar-refractivity contribution in [3.8, 4) is 0 Å². The number of amides is 1. The Hall–Kier alpha value is -0.453. The van der Waals surface area contributed by atoms with Gasteiger partial charge in [0.25, 0.3) is 0 Å². The molecule has 0 aromatic rings. The third kappa shape index (κ3) is 5.23. The largest absolute Gasteiger partial charge is 0.422 e. The molecule has 0 aromatic heterocycles. The van der Waals surface area contributed by atoms with Crippen molar-refractivity contribution in [2.45, 2.75) is 25.9 Å². The third-order valence-corrected chi connectivity index (χ3v) is 2.81. The maximum atomic E-state index is 12.4. The fourth-order valence-electron chi connectivity index (χ4n) is 0.694. The fourth-order valence-corrected chi connectivity index (χ4v) is 1.35. The van der Waals surface area contributed by atoms with Crippen LogP contribution >= 0.6 is 0 Å². The third-order valence-electron chi connectivity index (χ3n) is 1.68. The van der Waals surface area contributed by atoms with Crippen molar-refractivity contribution in [3.05, 3.63) is 0 Å². The summed E-state index contributed by atoms with van der Waals surface area (Å²) in [5.74, 6) is -0.188. The molecule has 0 heterocycles. The van der Waals surface area contributed by atoms with Crippen molar-refractivity contribution in [1.82, 2.24) is 4.90 Å². The van der Waals surface area contributed by atoms with Gasteiger partial charge in [-0.2, -0.15) is 0 Å². The molecule has 0 unspecified atom stereocenters. The quantitative estimate of drug-likeness (QED) is 0.495. The van der Waals surface area contributed by atoms with Crippen LogP contribution in [0.15, 0.2) is 0 Å². The molecular formula is C7H15F2NOSi. The zero-order valence-electron chi connectivity index (χ0n) is 7.73. The van der Waals surface area contributed by atoms with E-state index in [0.29, 0.717) is 6.54 Å². The van der Waals surface area contributed by atoms with Crippen LogP contribution in [0, 0.1) is 0 Å². The molecule has 0 aliphatic rings. The van der Waals surface area contributed by atoms with Crippen LogP contribution in [-0.2, 0) is 4.79 Å². The molecule has 0 aliphatic heterocycles. The molecule has 1 amide bonds. The van der Waals surface area contributed by atoms with Crippen molar-refractivity contribution in [2.24, 2.45) is 0 Å². The molecule has 0 atom stereocenters. The number of hydrogen-bond acceptors (Lipinski definition) is 1. The summed E-state index contributed by atoms with van der Waals surface area (Å²) in [6.07, 6.45) is -0.0138. The number of hydrogen-bond donors (Lipinski definition) is 0. The van der Waals surface area contributed by atoms with Crippen LogP contribution in [0.5, 0.6) is 0 Å². The summed E-state index contributed by atoms with van der Waals surface area (Å²) in [4.78, 5) is 12.5. The first-order chi connectivity index (χ1) is 5.37. The molecule has 0 rings (SSSR count). The molecule has 0 spiro atoms. The molecule has 0 bridgehead atoms. The Kier molecular flexibility index (Phi) is 4.37. The number of nitrogens with zero attached hydrogens (tertiary/aromatic N) is 1. The molecular weight excluding hydrogens is 180 g/mol. The number of carbonyl (C=O) groups excluding carboxylic acids is 1. The second-order valence-corrected chi connectivity index (χ2v) is 5.62. The van der Waals surface area contributed by atoms with Crippen molar-refractivity contribution < 1.29 is 13.0 Å². The van der Waals surface area contributed by atoms with Gasteiger partial charge in [-0.15, -0.1) is 0 Å². The molecule has 0 saturated carbocycles. The van der Waals surface area contributed by atoms with E-state index >= 15 is 0 Å². The summed E-state index contributed by atoms with van der Waals surface area (Å²) in [6, 6.07) is -0.226.